The highest BCUT2D eigenvalue weighted by molar-refractivity contribution is 5.67. The minimum Gasteiger partial charge on any atom is -0.467 e. The molecule has 0 aromatic carbocycles. The highest BCUT2D eigenvalue weighted by atomic mass is 16.5. The first-order chi connectivity index (χ1) is 7.29. The van der Waals surface area contributed by atoms with Gasteiger partial charge in [0.25, 0.3) is 0 Å². The predicted octanol–water partition coefficient (Wildman–Crippen LogP) is -0.201. The van der Waals surface area contributed by atoms with Gasteiger partial charge >= 0.3 is 6.01 Å². The Labute approximate surface area is 88.4 Å². The summed E-state index contributed by atoms with van der Waals surface area (Å²) in [5, 5.41) is 3.23. The van der Waals surface area contributed by atoms with Gasteiger partial charge < -0.3 is 15.8 Å². The summed E-state index contributed by atoms with van der Waals surface area (Å²) in [7, 11) is 1.55. The van der Waals surface area contributed by atoms with Gasteiger partial charge in [-0.05, 0) is 5.57 Å². The molecule has 0 saturated heterocycles. The van der Waals surface area contributed by atoms with E-state index < -0.39 is 0 Å². The Balaban J connectivity index is 2.21. The van der Waals surface area contributed by atoms with E-state index in [1.165, 1.54) is 0 Å². The molecule has 0 bridgehead atoms. The smallest absolute Gasteiger partial charge is 0.316 e. The normalized spacial score (nSPS) is 20.9. The van der Waals surface area contributed by atoms with Crippen LogP contribution in [0.5, 0.6) is 6.01 Å². The van der Waals surface area contributed by atoms with Gasteiger partial charge in [-0.1, -0.05) is 6.08 Å². The van der Waals surface area contributed by atoms with Crippen LogP contribution in [0, 0.1) is 0 Å². The Kier molecular flexibility index (Phi) is 2.94. The van der Waals surface area contributed by atoms with Gasteiger partial charge in [0.15, 0.2) is 0 Å². The fraction of sp³-hybridized carbons (Fsp3) is 0.400. The number of nitrogens with one attached hydrogen (secondary N) is 1. The summed E-state index contributed by atoms with van der Waals surface area (Å²) in [6, 6.07) is 0.447. The van der Waals surface area contributed by atoms with Crippen LogP contribution < -0.4 is 15.8 Å². The molecule has 0 fully saturated rings. The number of hydrogen-bond donors (Lipinski definition) is 2. The summed E-state index contributed by atoms with van der Waals surface area (Å²) in [5.41, 5.74) is 7.93. The maximum Gasteiger partial charge on any atom is 0.316 e. The second-order valence-corrected chi connectivity index (χ2v) is 3.45. The lowest BCUT2D eigenvalue weighted by Crippen LogP contribution is -2.37. The molecule has 1 atom stereocenters. The SMILES string of the molecule is COc1ncc(C2=CC(N)CNC2)cn1. The van der Waals surface area contributed by atoms with Crippen LogP contribution in [0.3, 0.4) is 0 Å². The van der Waals surface area contributed by atoms with Crippen molar-refractivity contribution in [3.63, 3.8) is 0 Å². The fourth-order valence-electron chi connectivity index (χ4n) is 1.54. The van der Waals surface area contributed by atoms with E-state index in [1.807, 2.05) is 6.08 Å². The molecule has 1 unspecified atom stereocenters. The Morgan fingerprint density at radius 1 is 1.47 bits per heavy atom. The van der Waals surface area contributed by atoms with Gasteiger partial charge in [0.05, 0.1) is 7.11 Å². The van der Waals surface area contributed by atoms with Crippen LogP contribution in [0.4, 0.5) is 0 Å². The first-order valence-electron chi connectivity index (χ1n) is 4.83. The minimum atomic E-state index is 0.0656. The number of rotatable bonds is 2. The van der Waals surface area contributed by atoms with Crippen LogP contribution in [-0.2, 0) is 0 Å². The lowest BCUT2D eigenvalue weighted by Gasteiger charge is -2.18. The summed E-state index contributed by atoms with van der Waals surface area (Å²) in [6.07, 6.45) is 5.54. The number of hydrogen-bond acceptors (Lipinski definition) is 5. The van der Waals surface area contributed by atoms with Gasteiger partial charge in [-0.2, -0.15) is 0 Å². The predicted molar refractivity (Wildman–Crippen MR) is 57.4 cm³/mol. The van der Waals surface area contributed by atoms with Crippen molar-refractivity contribution in [1.29, 1.82) is 0 Å². The number of methoxy groups -OCH3 is 1. The van der Waals surface area contributed by atoms with Crippen LogP contribution in [0.1, 0.15) is 5.56 Å². The molecule has 15 heavy (non-hydrogen) atoms. The zero-order chi connectivity index (χ0) is 10.7. The molecule has 0 saturated carbocycles. The summed E-state index contributed by atoms with van der Waals surface area (Å²) < 4.78 is 4.90. The van der Waals surface area contributed by atoms with Gasteiger partial charge in [0.2, 0.25) is 0 Å². The third kappa shape index (κ3) is 2.31. The molecule has 3 N–H and O–H groups in total. The Hall–Kier alpha value is -1.46. The van der Waals surface area contributed by atoms with Gasteiger partial charge in [-0.25, -0.2) is 9.97 Å². The zero-order valence-corrected chi connectivity index (χ0v) is 8.60. The maximum absolute atomic E-state index is 5.81. The minimum absolute atomic E-state index is 0.0656. The van der Waals surface area contributed by atoms with Crippen molar-refractivity contribution in [3.05, 3.63) is 24.0 Å². The highest BCUT2D eigenvalue weighted by Gasteiger charge is 2.11. The quantitative estimate of drug-likeness (QED) is 0.701. The average Bonchev–Trinajstić information content (AvgIpc) is 2.29. The summed E-state index contributed by atoms with van der Waals surface area (Å²) in [5.74, 6) is 0. The van der Waals surface area contributed by atoms with Crippen LogP contribution in [0.2, 0.25) is 0 Å². The number of nitrogens with zero attached hydrogens (tertiary/aromatic N) is 2. The molecule has 1 aliphatic rings. The monoisotopic (exact) mass is 206 g/mol. The molecule has 1 aliphatic heterocycles. The van der Waals surface area contributed by atoms with Crippen molar-refractivity contribution >= 4 is 5.57 Å². The van der Waals surface area contributed by atoms with Crippen molar-refractivity contribution in [2.45, 2.75) is 6.04 Å². The van der Waals surface area contributed by atoms with E-state index in [0.29, 0.717) is 6.01 Å². The molecule has 5 heteroatoms. The maximum atomic E-state index is 5.81. The van der Waals surface area contributed by atoms with Crippen molar-refractivity contribution in [2.24, 2.45) is 5.73 Å². The largest absolute Gasteiger partial charge is 0.467 e. The molecular formula is C10H14N4O. The van der Waals surface area contributed by atoms with Crippen molar-refractivity contribution in [3.8, 4) is 6.01 Å². The van der Waals surface area contributed by atoms with E-state index in [0.717, 1.165) is 24.2 Å². The lowest BCUT2D eigenvalue weighted by molar-refractivity contribution is 0.379. The summed E-state index contributed by atoms with van der Waals surface area (Å²) in [6.45, 7) is 1.63. The highest BCUT2D eigenvalue weighted by Crippen LogP contribution is 2.15. The van der Waals surface area contributed by atoms with Crippen LogP contribution in [0.15, 0.2) is 18.5 Å². The molecule has 80 valence electrons. The van der Waals surface area contributed by atoms with E-state index >= 15 is 0 Å². The lowest BCUT2D eigenvalue weighted by atomic mass is 10.0. The first-order valence-corrected chi connectivity index (χ1v) is 4.83. The molecule has 0 spiro atoms. The first kappa shape index (κ1) is 10.1. The number of nitrogens with two attached hydrogens (primary N) is 1. The zero-order valence-electron chi connectivity index (χ0n) is 8.60. The molecular weight excluding hydrogens is 192 g/mol. The van der Waals surface area contributed by atoms with E-state index in [2.05, 4.69) is 15.3 Å². The topological polar surface area (TPSA) is 73.1 Å². The van der Waals surface area contributed by atoms with Gasteiger partial charge in [-0.15, -0.1) is 0 Å². The molecule has 0 radical (unpaired) electrons. The fourth-order valence-corrected chi connectivity index (χ4v) is 1.54. The standard InChI is InChI=1S/C10H14N4O/c1-15-10-13-4-8(5-14-10)7-2-9(11)6-12-3-7/h2,4-5,9,12H,3,6,11H2,1H3. The van der Waals surface area contributed by atoms with E-state index in [-0.39, 0.29) is 6.04 Å². The van der Waals surface area contributed by atoms with E-state index in [9.17, 15) is 0 Å². The summed E-state index contributed by atoms with van der Waals surface area (Å²) >= 11 is 0. The van der Waals surface area contributed by atoms with Crippen molar-refractivity contribution < 1.29 is 4.74 Å². The Morgan fingerprint density at radius 2 is 2.20 bits per heavy atom. The van der Waals surface area contributed by atoms with Crippen LogP contribution >= 0.6 is 0 Å². The Morgan fingerprint density at radius 3 is 2.80 bits per heavy atom. The van der Waals surface area contributed by atoms with Crippen LogP contribution in [-0.4, -0.2) is 36.2 Å². The molecule has 2 rings (SSSR count). The molecule has 2 heterocycles. The van der Waals surface area contributed by atoms with Gasteiger partial charge in [-0.3, -0.25) is 0 Å². The molecule has 0 aliphatic carbocycles. The number of aromatic nitrogens is 2. The molecule has 1 aromatic rings. The average molecular weight is 206 g/mol. The Bertz CT molecular complexity index is 360. The third-order valence-electron chi connectivity index (χ3n) is 2.29. The third-order valence-corrected chi connectivity index (χ3v) is 2.29. The second-order valence-electron chi connectivity index (χ2n) is 3.45. The molecule has 0 amide bonds. The van der Waals surface area contributed by atoms with Crippen molar-refractivity contribution in [2.75, 3.05) is 20.2 Å². The molecule has 5 nitrogen and oxygen atoms in total. The van der Waals surface area contributed by atoms with E-state index in [4.69, 9.17) is 10.5 Å². The van der Waals surface area contributed by atoms with E-state index in [1.54, 1.807) is 19.5 Å². The van der Waals surface area contributed by atoms with Gasteiger partial charge in [0, 0.05) is 37.1 Å². The van der Waals surface area contributed by atoms with Gasteiger partial charge in [0.1, 0.15) is 0 Å². The number of ether oxygens (including phenoxy) is 1. The summed E-state index contributed by atoms with van der Waals surface area (Å²) in [4.78, 5) is 8.11. The second kappa shape index (κ2) is 4.37. The van der Waals surface area contributed by atoms with Crippen molar-refractivity contribution in [1.82, 2.24) is 15.3 Å². The molecule has 1 aromatic heterocycles. The van der Waals surface area contributed by atoms with Crippen LogP contribution in [0.25, 0.3) is 5.57 Å².